The zero-order valence-corrected chi connectivity index (χ0v) is 23.7. The number of hydrogen-bond donors (Lipinski definition) is 3. The minimum absolute atomic E-state index is 0.0252. The lowest BCUT2D eigenvalue weighted by molar-refractivity contribution is -0.384. The van der Waals surface area contributed by atoms with E-state index in [0.717, 1.165) is 37.0 Å². The molecule has 0 bridgehead atoms. The van der Waals surface area contributed by atoms with E-state index in [4.69, 9.17) is 9.47 Å². The average molecular weight is 576 g/mol. The van der Waals surface area contributed by atoms with Gasteiger partial charge in [0.2, 0.25) is 0 Å². The van der Waals surface area contributed by atoms with Gasteiger partial charge in [-0.15, -0.1) is 0 Å². The number of rotatable bonds is 13. The topological polar surface area (TPSA) is 140 Å². The van der Waals surface area contributed by atoms with Crippen LogP contribution in [0, 0.1) is 16.0 Å². The summed E-state index contributed by atoms with van der Waals surface area (Å²) in [5.74, 6) is 0.0473. The maximum Gasteiger partial charge on any atom is 0.269 e. The Morgan fingerprint density at radius 2 is 1.67 bits per heavy atom. The largest absolute Gasteiger partial charge is 0.507 e. The number of ether oxygens (including phenoxy) is 2. The van der Waals surface area contributed by atoms with E-state index < -0.39 is 28.9 Å². The van der Waals surface area contributed by atoms with Gasteiger partial charge >= 0.3 is 0 Å². The molecular weight excluding hydrogens is 538 g/mol. The fourth-order valence-corrected chi connectivity index (χ4v) is 5.15. The van der Waals surface area contributed by atoms with Crippen molar-refractivity contribution in [1.29, 1.82) is 0 Å². The van der Waals surface area contributed by atoms with Crippen molar-refractivity contribution in [2.45, 2.75) is 50.7 Å². The highest BCUT2D eigenvalue weighted by molar-refractivity contribution is 5.97. The molecule has 0 aromatic heterocycles. The highest BCUT2D eigenvalue weighted by Crippen LogP contribution is 2.25. The van der Waals surface area contributed by atoms with Gasteiger partial charge in [0.1, 0.15) is 11.5 Å². The van der Waals surface area contributed by atoms with Crippen LogP contribution in [0.2, 0.25) is 0 Å². The number of aromatic hydroxyl groups is 1. The number of non-ortho nitro benzene ring substituents is 1. The molecule has 3 N–H and O–H groups in total. The van der Waals surface area contributed by atoms with Crippen LogP contribution in [-0.2, 0) is 11.2 Å². The van der Waals surface area contributed by atoms with Crippen LogP contribution in [0.1, 0.15) is 58.4 Å². The molecule has 3 aromatic carbocycles. The van der Waals surface area contributed by atoms with Gasteiger partial charge in [0.15, 0.2) is 0 Å². The van der Waals surface area contributed by atoms with E-state index in [9.17, 15) is 24.8 Å². The second-order valence-corrected chi connectivity index (χ2v) is 10.5. The summed E-state index contributed by atoms with van der Waals surface area (Å²) in [5.41, 5.74) is 1.21. The molecule has 3 aromatic rings. The number of phenols is 1. The first-order chi connectivity index (χ1) is 20.3. The lowest BCUT2D eigenvalue weighted by atomic mass is 9.90. The van der Waals surface area contributed by atoms with Gasteiger partial charge in [-0.2, -0.15) is 0 Å². The standard InChI is InChI=1S/C32H37N3O7/c1-41-26-17-11-22(12-18-26)19-30(42-21-23-7-3-2-4-8-23)28(20-33-32(38)27-9-5-6-10-29(27)36)34-31(37)24-13-15-25(16-14-24)35(39)40/h5-6,9-18,23,28,30,36H,2-4,7-8,19-21H2,1H3,(H,33,38)(H,34,37). The Labute approximate surface area is 245 Å². The fourth-order valence-electron chi connectivity index (χ4n) is 5.15. The molecule has 2 amide bonds. The van der Waals surface area contributed by atoms with Crippen molar-refractivity contribution >= 4 is 17.5 Å². The molecule has 10 nitrogen and oxygen atoms in total. The third kappa shape index (κ3) is 8.53. The number of carbonyl (C=O) groups is 2. The number of benzene rings is 3. The van der Waals surface area contributed by atoms with Gasteiger partial charge < -0.3 is 25.2 Å². The molecule has 4 rings (SSSR count). The predicted molar refractivity (Wildman–Crippen MR) is 158 cm³/mol. The van der Waals surface area contributed by atoms with Gasteiger partial charge in [-0.1, -0.05) is 43.5 Å². The van der Waals surface area contributed by atoms with Gasteiger partial charge in [0.25, 0.3) is 17.5 Å². The molecule has 222 valence electrons. The number of nitrogens with zero attached hydrogens (tertiary/aromatic N) is 1. The third-order valence-corrected chi connectivity index (χ3v) is 7.60. The van der Waals surface area contributed by atoms with Crippen molar-refractivity contribution in [2.24, 2.45) is 5.92 Å². The van der Waals surface area contributed by atoms with Crippen LogP contribution >= 0.6 is 0 Å². The van der Waals surface area contributed by atoms with Gasteiger partial charge in [0, 0.05) is 37.3 Å². The van der Waals surface area contributed by atoms with E-state index in [1.54, 1.807) is 19.2 Å². The van der Waals surface area contributed by atoms with Crippen molar-refractivity contribution in [3.63, 3.8) is 0 Å². The second-order valence-electron chi connectivity index (χ2n) is 10.5. The van der Waals surface area contributed by atoms with Gasteiger partial charge in [0.05, 0.1) is 29.7 Å². The van der Waals surface area contributed by atoms with Gasteiger partial charge in [-0.3, -0.25) is 19.7 Å². The summed E-state index contributed by atoms with van der Waals surface area (Å²) < 4.78 is 11.8. The molecule has 2 unspecified atom stereocenters. The summed E-state index contributed by atoms with van der Waals surface area (Å²) in [7, 11) is 1.60. The van der Waals surface area contributed by atoms with Crippen molar-refractivity contribution in [2.75, 3.05) is 20.3 Å². The Morgan fingerprint density at radius 1 is 0.976 bits per heavy atom. The van der Waals surface area contributed by atoms with Crippen LogP contribution in [0.15, 0.2) is 72.8 Å². The number of amides is 2. The molecular formula is C32H37N3O7. The Bertz CT molecular complexity index is 1340. The molecule has 0 radical (unpaired) electrons. The summed E-state index contributed by atoms with van der Waals surface area (Å²) in [5, 5.41) is 27.1. The normalized spacial score (nSPS) is 14.9. The second kappa shape index (κ2) is 15.0. The van der Waals surface area contributed by atoms with Crippen LogP contribution < -0.4 is 15.4 Å². The molecule has 1 aliphatic carbocycles. The van der Waals surface area contributed by atoms with Gasteiger partial charge in [-0.05, 0) is 60.7 Å². The van der Waals surface area contributed by atoms with Crippen LogP contribution in [0.25, 0.3) is 0 Å². The van der Waals surface area contributed by atoms with E-state index in [1.807, 2.05) is 24.3 Å². The van der Waals surface area contributed by atoms with Crippen molar-refractivity contribution < 1.29 is 29.1 Å². The van der Waals surface area contributed by atoms with E-state index >= 15 is 0 Å². The number of para-hydroxylation sites is 1. The average Bonchev–Trinajstić information content (AvgIpc) is 3.02. The first-order valence-electron chi connectivity index (χ1n) is 14.2. The summed E-state index contributed by atoms with van der Waals surface area (Å²) in [4.78, 5) is 36.9. The summed E-state index contributed by atoms with van der Waals surface area (Å²) in [6, 6.07) is 18.5. The highest BCUT2D eigenvalue weighted by Gasteiger charge is 2.28. The zero-order valence-electron chi connectivity index (χ0n) is 23.7. The number of nitro benzene ring substituents is 1. The van der Waals surface area contributed by atoms with Gasteiger partial charge in [-0.25, -0.2) is 0 Å². The molecule has 0 saturated heterocycles. The number of methoxy groups -OCH3 is 1. The zero-order chi connectivity index (χ0) is 29.9. The maximum atomic E-state index is 13.3. The van der Waals surface area contributed by atoms with E-state index in [1.165, 1.54) is 42.8 Å². The Balaban J connectivity index is 1.58. The molecule has 0 aliphatic heterocycles. The first-order valence-corrected chi connectivity index (χ1v) is 14.2. The van der Waals surface area contributed by atoms with E-state index in [0.29, 0.717) is 18.9 Å². The molecule has 2 atom stereocenters. The summed E-state index contributed by atoms with van der Waals surface area (Å²) in [6.45, 7) is 0.551. The Hall–Kier alpha value is -4.44. The van der Waals surface area contributed by atoms with Crippen molar-refractivity contribution in [1.82, 2.24) is 10.6 Å². The lowest BCUT2D eigenvalue weighted by Crippen LogP contribution is -2.52. The van der Waals surface area contributed by atoms with E-state index in [-0.39, 0.29) is 29.1 Å². The SMILES string of the molecule is COc1ccc(CC(OCC2CCCCC2)C(CNC(=O)c2ccccc2O)NC(=O)c2ccc([N+](=O)[O-])cc2)cc1. The minimum atomic E-state index is -0.659. The van der Waals surface area contributed by atoms with Crippen LogP contribution in [0.5, 0.6) is 11.5 Å². The molecule has 42 heavy (non-hydrogen) atoms. The fraction of sp³-hybridized carbons (Fsp3) is 0.375. The van der Waals surface area contributed by atoms with Crippen LogP contribution in [-0.4, -0.2) is 54.3 Å². The molecule has 1 saturated carbocycles. The Morgan fingerprint density at radius 3 is 2.31 bits per heavy atom. The number of phenolic OH excluding ortho intramolecular Hbond substituents is 1. The quantitative estimate of drug-likeness (QED) is 0.191. The highest BCUT2D eigenvalue weighted by atomic mass is 16.6. The van der Waals surface area contributed by atoms with Crippen molar-refractivity contribution in [3.8, 4) is 11.5 Å². The minimum Gasteiger partial charge on any atom is -0.507 e. The monoisotopic (exact) mass is 575 g/mol. The molecule has 1 aliphatic rings. The molecule has 0 heterocycles. The number of hydrogen-bond acceptors (Lipinski definition) is 7. The number of carbonyl (C=O) groups excluding carboxylic acids is 2. The van der Waals surface area contributed by atoms with Crippen molar-refractivity contribution in [3.05, 3.63) is 99.6 Å². The lowest BCUT2D eigenvalue weighted by Gasteiger charge is -2.31. The summed E-state index contributed by atoms with van der Waals surface area (Å²) in [6.07, 6.45) is 5.65. The third-order valence-electron chi connectivity index (χ3n) is 7.60. The summed E-state index contributed by atoms with van der Waals surface area (Å²) >= 11 is 0. The maximum absolute atomic E-state index is 13.3. The number of nitrogens with one attached hydrogen (secondary N) is 2. The predicted octanol–water partition coefficient (Wildman–Crippen LogP) is 5.05. The van der Waals surface area contributed by atoms with Crippen LogP contribution in [0.3, 0.4) is 0 Å². The smallest absolute Gasteiger partial charge is 0.269 e. The Kier molecular flexibility index (Phi) is 10.9. The van der Waals surface area contributed by atoms with Crippen LogP contribution in [0.4, 0.5) is 5.69 Å². The molecule has 10 heteroatoms. The number of nitro groups is 1. The molecule has 0 spiro atoms. The first kappa shape index (κ1) is 30.5. The van der Waals surface area contributed by atoms with E-state index in [2.05, 4.69) is 10.6 Å². The molecule has 1 fully saturated rings.